The van der Waals surface area contributed by atoms with E-state index in [0.29, 0.717) is 17.1 Å². The first kappa shape index (κ1) is 18.1. The molecule has 0 aliphatic heterocycles. The molecule has 1 aromatic heterocycles. The maximum absolute atomic E-state index is 12.2. The van der Waals surface area contributed by atoms with Gasteiger partial charge >= 0.3 is 0 Å². The third kappa shape index (κ3) is 3.08. The van der Waals surface area contributed by atoms with Gasteiger partial charge in [0.1, 0.15) is 5.75 Å². The van der Waals surface area contributed by atoms with Gasteiger partial charge in [0.2, 0.25) is 0 Å². The molecule has 0 saturated heterocycles. The number of nitrogens with two attached hydrogens (primary N) is 1. The minimum absolute atomic E-state index is 0.459. The number of rotatable bonds is 5. The number of ether oxygens (including phenoxy) is 1. The molecule has 134 valence electrons. The van der Waals surface area contributed by atoms with E-state index in [1.807, 2.05) is 62.4 Å². The van der Waals surface area contributed by atoms with Crippen molar-refractivity contribution in [3.63, 3.8) is 0 Å². The number of carbonyl (C=O) groups excluding carboxylic acids is 1. The minimum atomic E-state index is -0.459. The molecule has 0 saturated carbocycles. The summed E-state index contributed by atoms with van der Waals surface area (Å²) in [6.07, 6.45) is 0. The molecule has 1 heterocycles. The smallest absolute Gasteiger partial charge is 0.251 e. The SMILES string of the molecule is COc1ccccc1Cn1c(C)c(C(N)=O)c(-c2ccccc2Cl)c1C. The Kier molecular flexibility index (Phi) is 5.05. The van der Waals surface area contributed by atoms with E-state index >= 15 is 0 Å². The van der Waals surface area contributed by atoms with Crippen molar-refractivity contribution in [1.29, 1.82) is 0 Å². The summed E-state index contributed by atoms with van der Waals surface area (Å²) in [5.41, 5.74) is 10.6. The molecule has 0 radical (unpaired) electrons. The predicted octanol–water partition coefficient (Wildman–Crippen LogP) is 4.58. The highest BCUT2D eigenvalue weighted by atomic mass is 35.5. The summed E-state index contributed by atoms with van der Waals surface area (Å²) in [5, 5.41) is 0.590. The average molecular weight is 369 g/mol. The quantitative estimate of drug-likeness (QED) is 0.716. The van der Waals surface area contributed by atoms with Crippen molar-refractivity contribution in [1.82, 2.24) is 4.57 Å². The van der Waals surface area contributed by atoms with Gasteiger partial charge in [-0.2, -0.15) is 0 Å². The van der Waals surface area contributed by atoms with Gasteiger partial charge < -0.3 is 15.0 Å². The summed E-state index contributed by atoms with van der Waals surface area (Å²) < 4.78 is 7.54. The van der Waals surface area contributed by atoms with E-state index in [4.69, 9.17) is 22.1 Å². The van der Waals surface area contributed by atoms with Crippen molar-refractivity contribution >= 4 is 17.5 Å². The van der Waals surface area contributed by atoms with Crippen LogP contribution in [0.1, 0.15) is 27.3 Å². The molecule has 3 rings (SSSR count). The third-order valence-corrected chi connectivity index (χ3v) is 5.02. The van der Waals surface area contributed by atoms with E-state index < -0.39 is 5.91 Å². The molecule has 0 aliphatic rings. The first-order chi connectivity index (χ1) is 12.5. The van der Waals surface area contributed by atoms with E-state index in [1.165, 1.54) is 0 Å². The second kappa shape index (κ2) is 7.26. The fourth-order valence-electron chi connectivity index (χ4n) is 3.42. The van der Waals surface area contributed by atoms with Gasteiger partial charge in [-0.05, 0) is 26.0 Å². The molecule has 0 fully saturated rings. The van der Waals surface area contributed by atoms with Gasteiger partial charge in [0.15, 0.2) is 0 Å². The first-order valence-electron chi connectivity index (χ1n) is 8.32. The van der Waals surface area contributed by atoms with Crippen LogP contribution in [-0.4, -0.2) is 17.6 Å². The van der Waals surface area contributed by atoms with Crippen molar-refractivity contribution in [2.75, 3.05) is 7.11 Å². The highest BCUT2D eigenvalue weighted by molar-refractivity contribution is 6.33. The molecule has 2 aromatic carbocycles. The Morgan fingerprint density at radius 1 is 1.08 bits per heavy atom. The van der Waals surface area contributed by atoms with Crippen molar-refractivity contribution in [3.05, 3.63) is 76.1 Å². The molecule has 0 aliphatic carbocycles. The number of benzene rings is 2. The second-order valence-corrected chi connectivity index (χ2v) is 6.57. The second-order valence-electron chi connectivity index (χ2n) is 6.16. The lowest BCUT2D eigenvalue weighted by Crippen LogP contribution is -2.13. The van der Waals surface area contributed by atoms with E-state index in [1.54, 1.807) is 7.11 Å². The minimum Gasteiger partial charge on any atom is -0.496 e. The van der Waals surface area contributed by atoms with E-state index in [-0.39, 0.29) is 0 Å². The maximum Gasteiger partial charge on any atom is 0.251 e. The highest BCUT2D eigenvalue weighted by Crippen LogP contribution is 2.37. The van der Waals surface area contributed by atoms with Crippen LogP contribution >= 0.6 is 11.6 Å². The molecule has 3 aromatic rings. The van der Waals surface area contributed by atoms with Crippen LogP contribution in [0.2, 0.25) is 5.02 Å². The Bertz CT molecular complexity index is 976. The number of methoxy groups -OCH3 is 1. The lowest BCUT2D eigenvalue weighted by Gasteiger charge is -2.13. The normalized spacial score (nSPS) is 10.8. The topological polar surface area (TPSA) is 57.2 Å². The monoisotopic (exact) mass is 368 g/mol. The highest BCUT2D eigenvalue weighted by Gasteiger charge is 2.24. The molecular formula is C21H21ClN2O2. The number of carbonyl (C=O) groups is 1. The van der Waals surface area contributed by atoms with Gasteiger partial charge in [0.05, 0.1) is 19.2 Å². The molecule has 4 nitrogen and oxygen atoms in total. The molecule has 26 heavy (non-hydrogen) atoms. The maximum atomic E-state index is 12.2. The van der Waals surface area contributed by atoms with Crippen LogP contribution < -0.4 is 10.5 Å². The fourth-order valence-corrected chi connectivity index (χ4v) is 3.65. The number of primary amides is 1. The van der Waals surface area contributed by atoms with E-state index in [9.17, 15) is 4.79 Å². The van der Waals surface area contributed by atoms with Crippen LogP contribution in [0.25, 0.3) is 11.1 Å². The van der Waals surface area contributed by atoms with Gasteiger partial charge in [-0.1, -0.05) is 48.0 Å². The summed E-state index contributed by atoms with van der Waals surface area (Å²) in [7, 11) is 1.65. The first-order valence-corrected chi connectivity index (χ1v) is 8.69. The van der Waals surface area contributed by atoms with Crippen LogP contribution in [0, 0.1) is 13.8 Å². The van der Waals surface area contributed by atoms with Crippen LogP contribution in [0.3, 0.4) is 0 Å². The largest absolute Gasteiger partial charge is 0.496 e. The molecule has 0 spiro atoms. The summed E-state index contributed by atoms with van der Waals surface area (Å²) >= 11 is 6.40. The summed E-state index contributed by atoms with van der Waals surface area (Å²) in [6.45, 7) is 4.46. The average Bonchev–Trinajstić information content (AvgIpc) is 2.87. The van der Waals surface area contributed by atoms with Crippen molar-refractivity contribution in [3.8, 4) is 16.9 Å². The van der Waals surface area contributed by atoms with Crippen LogP contribution in [-0.2, 0) is 6.54 Å². The molecule has 0 atom stereocenters. The zero-order valence-electron chi connectivity index (χ0n) is 15.0. The molecule has 2 N–H and O–H groups in total. The number of aromatic nitrogens is 1. The van der Waals surface area contributed by atoms with E-state index in [0.717, 1.165) is 33.8 Å². The standard InChI is InChI=1S/C21H21ClN2O2/c1-13-19(16-9-5-6-10-17(16)22)20(21(23)25)14(2)24(13)12-15-8-4-7-11-18(15)26-3/h4-11H,12H2,1-3H3,(H2,23,25). The zero-order chi connectivity index (χ0) is 18.8. The number of halogens is 1. The van der Waals surface area contributed by atoms with Crippen LogP contribution in [0.5, 0.6) is 5.75 Å². The number of hydrogen-bond acceptors (Lipinski definition) is 2. The Hall–Kier alpha value is -2.72. The molecule has 5 heteroatoms. The molecule has 0 bridgehead atoms. The van der Waals surface area contributed by atoms with Crippen molar-refractivity contribution in [2.24, 2.45) is 5.73 Å². The molecule has 0 unspecified atom stereocenters. The predicted molar refractivity (Wildman–Crippen MR) is 105 cm³/mol. The lowest BCUT2D eigenvalue weighted by molar-refractivity contribution is 0.1000. The van der Waals surface area contributed by atoms with Gasteiger partial charge in [-0.3, -0.25) is 4.79 Å². The Balaban J connectivity index is 2.21. The third-order valence-electron chi connectivity index (χ3n) is 4.69. The van der Waals surface area contributed by atoms with Gasteiger partial charge in [-0.25, -0.2) is 0 Å². The Morgan fingerprint density at radius 3 is 2.38 bits per heavy atom. The van der Waals surface area contributed by atoms with Crippen molar-refractivity contribution < 1.29 is 9.53 Å². The van der Waals surface area contributed by atoms with Crippen LogP contribution in [0.4, 0.5) is 0 Å². The Labute approximate surface area is 158 Å². The summed E-state index contributed by atoms with van der Waals surface area (Å²) in [6, 6.07) is 15.3. The molecule has 1 amide bonds. The van der Waals surface area contributed by atoms with Crippen LogP contribution in [0.15, 0.2) is 48.5 Å². The Morgan fingerprint density at radius 2 is 1.73 bits per heavy atom. The number of para-hydroxylation sites is 1. The lowest BCUT2D eigenvalue weighted by atomic mass is 10.00. The van der Waals surface area contributed by atoms with Gasteiger partial charge in [-0.15, -0.1) is 0 Å². The number of nitrogens with zero attached hydrogens (tertiary/aromatic N) is 1. The molecular weight excluding hydrogens is 348 g/mol. The summed E-state index contributed by atoms with van der Waals surface area (Å²) in [5.74, 6) is 0.346. The fraction of sp³-hybridized carbons (Fsp3) is 0.190. The summed E-state index contributed by atoms with van der Waals surface area (Å²) in [4.78, 5) is 12.2. The van der Waals surface area contributed by atoms with Gasteiger partial charge in [0.25, 0.3) is 5.91 Å². The van der Waals surface area contributed by atoms with Crippen molar-refractivity contribution in [2.45, 2.75) is 20.4 Å². The van der Waals surface area contributed by atoms with Gasteiger partial charge in [0, 0.05) is 33.1 Å². The zero-order valence-corrected chi connectivity index (χ0v) is 15.8. The number of amides is 1. The number of hydrogen-bond donors (Lipinski definition) is 1. The van der Waals surface area contributed by atoms with E-state index in [2.05, 4.69) is 4.57 Å².